The SMILES string of the molecule is O=C(n1cccc1)n1cccc1. The summed E-state index contributed by atoms with van der Waals surface area (Å²) < 4.78 is 3.06. The number of carbonyl (C=O) groups is 1. The molecule has 0 saturated carbocycles. The molecule has 60 valence electrons. The predicted molar refractivity (Wildman–Crippen MR) is 45.1 cm³/mol. The van der Waals surface area contributed by atoms with Crippen LogP contribution in [0.5, 0.6) is 0 Å². The van der Waals surface area contributed by atoms with Gasteiger partial charge in [0.15, 0.2) is 0 Å². The fraction of sp³-hybridized carbons (Fsp3) is 0. The molecule has 0 bridgehead atoms. The average Bonchev–Trinajstić information content (AvgIpc) is 2.77. The van der Waals surface area contributed by atoms with Crippen LogP contribution in [-0.2, 0) is 0 Å². The maximum atomic E-state index is 11.5. The second-order valence-electron chi connectivity index (χ2n) is 2.46. The smallest absolute Gasteiger partial charge is 0.276 e. The second kappa shape index (κ2) is 2.70. The van der Waals surface area contributed by atoms with E-state index in [-0.39, 0.29) is 6.03 Å². The summed E-state index contributed by atoms with van der Waals surface area (Å²) in [7, 11) is 0. The Balaban J connectivity index is 2.34. The van der Waals surface area contributed by atoms with Gasteiger partial charge in [0.1, 0.15) is 0 Å². The number of carbonyl (C=O) groups excluding carboxylic acids is 1. The van der Waals surface area contributed by atoms with Gasteiger partial charge in [-0.05, 0) is 24.3 Å². The third-order valence-electron chi connectivity index (χ3n) is 1.65. The second-order valence-corrected chi connectivity index (χ2v) is 2.46. The van der Waals surface area contributed by atoms with Crippen LogP contribution in [0.25, 0.3) is 0 Å². The molecule has 2 aromatic heterocycles. The van der Waals surface area contributed by atoms with Gasteiger partial charge in [-0.15, -0.1) is 0 Å². The zero-order valence-electron chi connectivity index (χ0n) is 6.42. The molecule has 0 unspecified atom stereocenters. The summed E-state index contributed by atoms with van der Waals surface area (Å²) >= 11 is 0. The number of hydrogen-bond donors (Lipinski definition) is 0. The van der Waals surface area contributed by atoms with Gasteiger partial charge in [0.05, 0.1) is 0 Å². The van der Waals surface area contributed by atoms with E-state index in [0.29, 0.717) is 0 Å². The molecule has 0 saturated heterocycles. The first-order valence-corrected chi connectivity index (χ1v) is 3.68. The van der Waals surface area contributed by atoms with Crippen molar-refractivity contribution in [2.24, 2.45) is 0 Å². The zero-order valence-corrected chi connectivity index (χ0v) is 6.42. The van der Waals surface area contributed by atoms with Gasteiger partial charge >= 0.3 is 6.03 Å². The summed E-state index contributed by atoms with van der Waals surface area (Å²) in [6, 6.07) is 7.22. The molecule has 0 spiro atoms. The van der Waals surface area contributed by atoms with Gasteiger partial charge in [-0.3, -0.25) is 9.13 Å². The maximum Gasteiger partial charge on any atom is 0.336 e. The first kappa shape index (κ1) is 6.91. The molecule has 0 aliphatic rings. The van der Waals surface area contributed by atoms with Gasteiger partial charge in [-0.2, -0.15) is 0 Å². The van der Waals surface area contributed by atoms with Crippen molar-refractivity contribution in [2.45, 2.75) is 0 Å². The Morgan fingerprint density at radius 2 is 1.08 bits per heavy atom. The van der Waals surface area contributed by atoms with E-state index >= 15 is 0 Å². The third-order valence-corrected chi connectivity index (χ3v) is 1.65. The van der Waals surface area contributed by atoms with E-state index in [4.69, 9.17) is 0 Å². The molecule has 0 aliphatic heterocycles. The van der Waals surface area contributed by atoms with Gasteiger partial charge in [0, 0.05) is 24.8 Å². The zero-order chi connectivity index (χ0) is 8.39. The quantitative estimate of drug-likeness (QED) is 0.577. The van der Waals surface area contributed by atoms with E-state index < -0.39 is 0 Å². The fourth-order valence-corrected chi connectivity index (χ4v) is 1.06. The first-order chi connectivity index (χ1) is 5.88. The van der Waals surface area contributed by atoms with Crippen LogP contribution < -0.4 is 0 Å². The van der Waals surface area contributed by atoms with E-state index in [0.717, 1.165) is 0 Å². The average molecular weight is 160 g/mol. The van der Waals surface area contributed by atoms with Crippen LogP contribution >= 0.6 is 0 Å². The van der Waals surface area contributed by atoms with Crippen molar-refractivity contribution in [1.82, 2.24) is 9.13 Å². The maximum absolute atomic E-state index is 11.5. The van der Waals surface area contributed by atoms with Crippen molar-refractivity contribution in [3.63, 3.8) is 0 Å². The van der Waals surface area contributed by atoms with Crippen LogP contribution in [0.2, 0.25) is 0 Å². The van der Waals surface area contributed by atoms with Gasteiger partial charge < -0.3 is 0 Å². The molecule has 2 heterocycles. The minimum atomic E-state index is -0.0648. The number of aromatic nitrogens is 2. The summed E-state index contributed by atoms with van der Waals surface area (Å²) in [5.74, 6) is 0. The van der Waals surface area contributed by atoms with Crippen molar-refractivity contribution in [3.8, 4) is 0 Å². The third kappa shape index (κ3) is 1.05. The molecule has 0 aromatic carbocycles. The Morgan fingerprint density at radius 3 is 1.42 bits per heavy atom. The minimum Gasteiger partial charge on any atom is -0.276 e. The molecule has 2 rings (SSSR count). The molecule has 2 aromatic rings. The predicted octanol–water partition coefficient (Wildman–Crippen LogP) is 1.81. The van der Waals surface area contributed by atoms with E-state index in [1.807, 2.05) is 24.3 Å². The highest BCUT2D eigenvalue weighted by Gasteiger charge is 2.02. The van der Waals surface area contributed by atoms with Crippen LogP contribution in [0.1, 0.15) is 0 Å². The van der Waals surface area contributed by atoms with E-state index in [2.05, 4.69) is 0 Å². The van der Waals surface area contributed by atoms with Gasteiger partial charge in [0.2, 0.25) is 0 Å². The van der Waals surface area contributed by atoms with Gasteiger partial charge in [-0.25, -0.2) is 4.79 Å². The summed E-state index contributed by atoms with van der Waals surface area (Å²) in [6.45, 7) is 0. The van der Waals surface area contributed by atoms with Crippen LogP contribution in [0.4, 0.5) is 4.79 Å². The molecular weight excluding hydrogens is 152 g/mol. The molecule has 0 aliphatic carbocycles. The molecule has 3 heteroatoms. The molecule has 3 nitrogen and oxygen atoms in total. The topological polar surface area (TPSA) is 26.9 Å². The molecule has 0 N–H and O–H groups in total. The Labute approximate surface area is 69.9 Å². The lowest BCUT2D eigenvalue weighted by Gasteiger charge is -2.00. The minimum absolute atomic E-state index is 0.0648. The summed E-state index contributed by atoms with van der Waals surface area (Å²) in [5, 5.41) is 0. The van der Waals surface area contributed by atoms with Crippen LogP contribution in [-0.4, -0.2) is 15.2 Å². The number of hydrogen-bond acceptors (Lipinski definition) is 1. The Morgan fingerprint density at radius 1 is 0.750 bits per heavy atom. The lowest BCUT2D eigenvalue weighted by molar-refractivity contribution is 0.244. The first-order valence-electron chi connectivity index (χ1n) is 3.68. The highest BCUT2D eigenvalue weighted by molar-refractivity contribution is 5.79. The number of nitrogens with zero attached hydrogens (tertiary/aromatic N) is 2. The van der Waals surface area contributed by atoms with Crippen LogP contribution in [0.3, 0.4) is 0 Å². The van der Waals surface area contributed by atoms with Gasteiger partial charge in [-0.1, -0.05) is 0 Å². The Bertz CT molecular complexity index is 323. The van der Waals surface area contributed by atoms with Crippen molar-refractivity contribution in [1.29, 1.82) is 0 Å². The highest BCUT2D eigenvalue weighted by atomic mass is 16.2. The van der Waals surface area contributed by atoms with Crippen molar-refractivity contribution in [2.75, 3.05) is 0 Å². The Hall–Kier alpha value is -1.77. The summed E-state index contributed by atoms with van der Waals surface area (Å²) in [4.78, 5) is 11.5. The molecule has 12 heavy (non-hydrogen) atoms. The van der Waals surface area contributed by atoms with Crippen LogP contribution in [0.15, 0.2) is 49.1 Å². The van der Waals surface area contributed by atoms with Crippen LogP contribution in [0, 0.1) is 0 Å². The molecule has 0 fully saturated rings. The summed E-state index contributed by atoms with van der Waals surface area (Å²) in [5.41, 5.74) is 0. The lowest BCUT2D eigenvalue weighted by Crippen LogP contribution is -2.15. The molecular formula is C9H8N2O. The fourth-order valence-electron chi connectivity index (χ4n) is 1.06. The largest absolute Gasteiger partial charge is 0.336 e. The summed E-state index contributed by atoms with van der Waals surface area (Å²) in [6.07, 6.45) is 6.90. The highest BCUT2D eigenvalue weighted by Crippen LogP contribution is 1.95. The Kier molecular flexibility index (Phi) is 1.55. The van der Waals surface area contributed by atoms with Gasteiger partial charge in [0.25, 0.3) is 0 Å². The van der Waals surface area contributed by atoms with Crippen molar-refractivity contribution in [3.05, 3.63) is 49.1 Å². The molecule has 0 atom stereocenters. The molecule has 0 radical (unpaired) electrons. The van der Waals surface area contributed by atoms with Crippen molar-refractivity contribution < 1.29 is 4.79 Å². The standard InChI is InChI=1S/C9H8N2O/c12-9(10-5-1-2-6-10)11-7-3-4-8-11/h1-8H. The molecule has 0 amide bonds. The normalized spacial score (nSPS) is 10.0. The van der Waals surface area contributed by atoms with E-state index in [1.54, 1.807) is 24.8 Å². The number of rotatable bonds is 0. The lowest BCUT2D eigenvalue weighted by atomic mass is 10.7. The van der Waals surface area contributed by atoms with E-state index in [9.17, 15) is 4.79 Å². The van der Waals surface area contributed by atoms with Crippen molar-refractivity contribution >= 4 is 6.03 Å². The van der Waals surface area contributed by atoms with E-state index in [1.165, 1.54) is 9.13 Å². The monoisotopic (exact) mass is 160 g/mol.